The summed E-state index contributed by atoms with van der Waals surface area (Å²) in [5, 5.41) is 3.30. The first-order chi connectivity index (χ1) is 17.9. The molecule has 0 bridgehead atoms. The number of hydrogen-bond donors (Lipinski definition) is 1. The van der Waals surface area contributed by atoms with Crippen LogP contribution in [0.2, 0.25) is 5.02 Å². The van der Waals surface area contributed by atoms with E-state index < -0.39 is 28.5 Å². The summed E-state index contributed by atoms with van der Waals surface area (Å²) in [4.78, 5) is 27.8. The first-order valence-corrected chi connectivity index (χ1v) is 14.3. The van der Waals surface area contributed by atoms with E-state index in [9.17, 15) is 18.0 Å². The summed E-state index contributed by atoms with van der Waals surface area (Å²) >= 11 is 6.13. The van der Waals surface area contributed by atoms with E-state index in [0.717, 1.165) is 10.6 Å². The van der Waals surface area contributed by atoms with Crippen molar-refractivity contribution < 1.29 is 22.7 Å². The van der Waals surface area contributed by atoms with Crippen LogP contribution in [0.3, 0.4) is 0 Å². The predicted octanol–water partition coefficient (Wildman–Crippen LogP) is 4.84. The maximum atomic E-state index is 13.6. The second-order valence-corrected chi connectivity index (χ2v) is 11.5. The molecule has 10 heteroatoms. The van der Waals surface area contributed by atoms with Crippen molar-refractivity contribution in [1.82, 2.24) is 10.2 Å². The lowest BCUT2D eigenvalue weighted by atomic mass is 10.1. The molecule has 0 radical (unpaired) electrons. The van der Waals surface area contributed by atoms with E-state index in [-0.39, 0.29) is 18.5 Å². The zero-order valence-electron chi connectivity index (χ0n) is 21.8. The summed E-state index contributed by atoms with van der Waals surface area (Å²) in [5.41, 5.74) is 1.01. The lowest BCUT2D eigenvalue weighted by Gasteiger charge is -2.32. The monoisotopic (exact) mass is 557 g/mol. The Morgan fingerprint density at radius 1 is 0.921 bits per heavy atom. The van der Waals surface area contributed by atoms with Crippen molar-refractivity contribution in [2.45, 2.75) is 39.4 Å². The summed E-state index contributed by atoms with van der Waals surface area (Å²) in [5.74, 6) is 0.275. The number of halogens is 1. The SMILES string of the molecule is CC(C)NC(=O)[C@@H](C)N(Cc1cccc(Cl)c1)C(=O)CN(c1ccc(Oc2ccccc2)cc1)S(C)(=O)=O. The van der Waals surface area contributed by atoms with Gasteiger partial charge >= 0.3 is 0 Å². The molecule has 0 aliphatic heterocycles. The van der Waals surface area contributed by atoms with Crippen LogP contribution in [0.1, 0.15) is 26.3 Å². The molecule has 202 valence electrons. The smallest absolute Gasteiger partial charge is 0.244 e. The van der Waals surface area contributed by atoms with Crippen LogP contribution in [0, 0.1) is 0 Å². The number of nitrogens with one attached hydrogen (secondary N) is 1. The van der Waals surface area contributed by atoms with Gasteiger partial charge < -0.3 is 15.0 Å². The Morgan fingerprint density at radius 2 is 1.55 bits per heavy atom. The minimum atomic E-state index is -3.84. The molecule has 2 amide bonds. The van der Waals surface area contributed by atoms with Gasteiger partial charge in [-0.05, 0) is 74.9 Å². The summed E-state index contributed by atoms with van der Waals surface area (Å²) in [7, 11) is -3.84. The highest BCUT2D eigenvalue weighted by Gasteiger charge is 2.30. The maximum absolute atomic E-state index is 13.6. The molecule has 0 saturated carbocycles. The third kappa shape index (κ3) is 8.22. The van der Waals surface area contributed by atoms with Gasteiger partial charge in [0.1, 0.15) is 24.1 Å². The lowest BCUT2D eigenvalue weighted by molar-refractivity contribution is -0.139. The van der Waals surface area contributed by atoms with Gasteiger partial charge in [-0.25, -0.2) is 8.42 Å². The maximum Gasteiger partial charge on any atom is 0.244 e. The molecule has 1 N–H and O–H groups in total. The van der Waals surface area contributed by atoms with E-state index in [0.29, 0.717) is 27.8 Å². The van der Waals surface area contributed by atoms with Crippen LogP contribution in [-0.2, 0) is 26.2 Å². The largest absolute Gasteiger partial charge is 0.457 e. The van der Waals surface area contributed by atoms with Gasteiger partial charge in [0.2, 0.25) is 21.8 Å². The van der Waals surface area contributed by atoms with Gasteiger partial charge in [-0.2, -0.15) is 0 Å². The van der Waals surface area contributed by atoms with Crippen molar-refractivity contribution in [1.29, 1.82) is 0 Å². The number of amides is 2. The third-order valence-electron chi connectivity index (χ3n) is 5.62. The van der Waals surface area contributed by atoms with E-state index in [1.165, 1.54) is 4.90 Å². The second-order valence-electron chi connectivity index (χ2n) is 9.17. The zero-order chi connectivity index (χ0) is 27.9. The highest BCUT2D eigenvalue weighted by molar-refractivity contribution is 7.92. The molecule has 0 aromatic heterocycles. The number of hydrogen-bond acceptors (Lipinski definition) is 5. The van der Waals surface area contributed by atoms with Gasteiger partial charge in [-0.15, -0.1) is 0 Å². The lowest BCUT2D eigenvalue weighted by Crippen LogP contribution is -2.52. The molecule has 0 heterocycles. The Bertz CT molecular complexity index is 1350. The predicted molar refractivity (Wildman–Crippen MR) is 150 cm³/mol. The van der Waals surface area contributed by atoms with Crippen molar-refractivity contribution >= 4 is 39.1 Å². The van der Waals surface area contributed by atoms with E-state index in [1.54, 1.807) is 67.6 Å². The third-order valence-corrected chi connectivity index (χ3v) is 7.00. The Labute approximate surface area is 229 Å². The molecule has 0 unspecified atom stereocenters. The Kier molecular flexibility index (Phi) is 9.77. The molecule has 1 atom stereocenters. The number of sulfonamides is 1. The number of anilines is 1. The van der Waals surface area contributed by atoms with Crippen molar-refractivity contribution in [2.24, 2.45) is 0 Å². The van der Waals surface area contributed by atoms with Crippen LogP contribution >= 0.6 is 11.6 Å². The molecule has 0 aliphatic rings. The van der Waals surface area contributed by atoms with E-state index in [2.05, 4.69) is 5.32 Å². The number of nitrogens with zero attached hydrogens (tertiary/aromatic N) is 2. The van der Waals surface area contributed by atoms with Gasteiger partial charge in [-0.3, -0.25) is 13.9 Å². The van der Waals surface area contributed by atoms with Crippen LogP contribution in [0.15, 0.2) is 78.9 Å². The van der Waals surface area contributed by atoms with Gasteiger partial charge in [-0.1, -0.05) is 41.9 Å². The van der Waals surface area contributed by atoms with Crippen LogP contribution in [0.5, 0.6) is 11.5 Å². The molecular formula is C28H32ClN3O5S. The minimum Gasteiger partial charge on any atom is -0.457 e. The highest BCUT2D eigenvalue weighted by Crippen LogP contribution is 2.26. The van der Waals surface area contributed by atoms with Crippen molar-refractivity contribution in [3.63, 3.8) is 0 Å². The molecule has 38 heavy (non-hydrogen) atoms. The quantitative estimate of drug-likeness (QED) is 0.364. The molecule has 3 aromatic carbocycles. The molecule has 0 fully saturated rings. The molecule has 8 nitrogen and oxygen atoms in total. The number of rotatable bonds is 11. The number of benzene rings is 3. The number of para-hydroxylation sites is 1. The van der Waals surface area contributed by atoms with Crippen molar-refractivity contribution in [3.05, 3.63) is 89.4 Å². The van der Waals surface area contributed by atoms with E-state index in [1.807, 2.05) is 32.0 Å². The van der Waals surface area contributed by atoms with Crippen molar-refractivity contribution in [3.8, 4) is 11.5 Å². The fourth-order valence-corrected chi connectivity index (χ4v) is 4.80. The Morgan fingerprint density at radius 3 is 2.13 bits per heavy atom. The Balaban J connectivity index is 1.86. The van der Waals surface area contributed by atoms with E-state index in [4.69, 9.17) is 16.3 Å². The summed E-state index contributed by atoms with van der Waals surface area (Å²) in [6.45, 7) is 4.85. The number of carbonyl (C=O) groups excluding carboxylic acids is 2. The zero-order valence-corrected chi connectivity index (χ0v) is 23.4. The second kappa shape index (κ2) is 12.8. The molecule has 3 aromatic rings. The number of carbonyl (C=O) groups is 2. The van der Waals surface area contributed by atoms with Crippen LogP contribution < -0.4 is 14.4 Å². The molecule has 0 aliphatic carbocycles. The summed E-state index contributed by atoms with van der Waals surface area (Å²) in [6, 6.07) is 21.6. The molecule has 0 saturated heterocycles. The molecule has 3 rings (SSSR count). The average Bonchev–Trinajstić information content (AvgIpc) is 2.85. The normalized spacial score (nSPS) is 12.1. The first kappa shape index (κ1) is 29.0. The molecule has 0 spiro atoms. The van der Waals surface area contributed by atoms with E-state index >= 15 is 0 Å². The molecular weight excluding hydrogens is 526 g/mol. The van der Waals surface area contributed by atoms with Gasteiger partial charge in [0.15, 0.2) is 0 Å². The summed E-state index contributed by atoms with van der Waals surface area (Å²) < 4.78 is 32.3. The fourth-order valence-electron chi connectivity index (χ4n) is 3.74. The van der Waals surface area contributed by atoms with Gasteiger partial charge in [0.05, 0.1) is 11.9 Å². The highest BCUT2D eigenvalue weighted by atomic mass is 35.5. The standard InChI is InChI=1S/C28H32ClN3O5S/c1-20(2)30-28(34)21(3)31(18-22-9-8-10-23(29)17-22)27(33)19-32(38(4,35)36)24-13-15-26(16-14-24)37-25-11-6-5-7-12-25/h5-17,20-21H,18-19H2,1-4H3,(H,30,34)/t21-/m1/s1. The first-order valence-electron chi connectivity index (χ1n) is 12.1. The average molecular weight is 558 g/mol. The van der Waals surface area contributed by atoms with Crippen LogP contribution in [-0.4, -0.2) is 50.0 Å². The Hall–Kier alpha value is -3.56. The number of ether oxygens (including phenoxy) is 1. The summed E-state index contributed by atoms with van der Waals surface area (Å²) in [6.07, 6.45) is 1.03. The van der Waals surface area contributed by atoms with Gasteiger partial charge in [0, 0.05) is 17.6 Å². The minimum absolute atomic E-state index is 0.0769. The topological polar surface area (TPSA) is 96.0 Å². The van der Waals surface area contributed by atoms with Gasteiger partial charge in [0.25, 0.3) is 0 Å². The van der Waals surface area contributed by atoms with Crippen molar-refractivity contribution in [2.75, 3.05) is 17.1 Å². The van der Waals surface area contributed by atoms with Crippen LogP contribution in [0.25, 0.3) is 0 Å². The fraction of sp³-hybridized carbons (Fsp3) is 0.286. The van der Waals surface area contributed by atoms with Crippen LogP contribution in [0.4, 0.5) is 5.69 Å².